The standard InChI is InChI=1S/C19H26BrNO2S/c1-14-6-5-7-16(20)17(12-14)24-13-15-8-10-21(11-9-15)18(22)23-19(2,3)4/h5-8,12,14H,9-11,13H2,1-4H3. The second kappa shape index (κ2) is 8.43. The van der Waals surface area contributed by atoms with E-state index in [1.807, 2.05) is 32.5 Å². The minimum Gasteiger partial charge on any atom is -0.444 e. The quantitative estimate of drug-likeness (QED) is 0.561. The molecular weight excluding hydrogens is 386 g/mol. The molecule has 0 saturated heterocycles. The van der Waals surface area contributed by atoms with Crippen LogP contribution in [0.3, 0.4) is 0 Å². The zero-order chi connectivity index (χ0) is 17.7. The van der Waals surface area contributed by atoms with Crippen LogP contribution in [0.4, 0.5) is 4.79 Å². The Morgan fingerprint density at radius 1 is 1.46 bits per heavy atom. The maximum Gasteiger partial charge on any atom is 0.410 e. The lowest BCUT2D eigenvalue weighted by Crippen LogP contribution is -2.39. The van der Waals surface area contributed by atoms with Gasteiger partial charge in [0.05, 0.1) is 0 Å². The Morgan fingerprint density at radius 3 is 2.83 bits per heavy atom. The number of amides is 1. The average Bonchev–Trinajstić information content (AvgIpc) is 2.65. The van der Waals surface area contributed by atoms with Crippen molar-refractivity contribution in [3.63, 3.8) is 0 Å². The Balaban J connectivity index is 1.87. The molecule has 0 aromatic carbocycles. The van der Waals surface area contributed by atoms with Crippen molar-refractivity contribution < 1.29 is 9.53 Å². The second-order valence-corrected chi connectivity index (χ2v) is 8.99. The van der Waals surface area contributed by atoms with Gasteiger partial charge in [-0.05, 0) is 55.1 Å². The third-order valence-electron chi connectivity index (χ3n) is 3.67. The van der Waals surface area contributed by atoms with Gasteiger partial charge in [-0.1, -0.05) is 36.8 Å². The summed E-state index contributed by atoms with van der Waals surface area (Å²) in [5, 5.41) is 0. The van der Waals surface area contributed by atoms with Crippen LogP contribution in [-0.2, 0) is 4.74 Å². The maximum absolute atomic E-state index is 12.1. The predicted molar refractivity (Wildman–Crippen MR) is 106 cm³/mol. The van der Waals surface area contributed by atoms with Gasteiger partial charge in [0.15, 0.2) is 0 Å². The number of nitrogens with zero attached hydrogens (tertiary/aromatic N) is 1. The van der Waals surface area contributed by atoms with Crippen LogP contribution in [0.2, 0.25) is 0 Å². The van der Waals surface area contributed by atoms with Gasteiger partial charge in [-0.25, -0.2) is 4.79 Å². The molecule has 3 nitrogen and oxygen atoms in total. The molecule has 1 amide bonds. The summed E-state index contributed by atoms with van der Waals surface area (Å²) >= 11 is 5.50. The van der Waals surface area contributed by atoms with E-state index in [2.05, 4.69) is 53.2 Å². The number of rotatable bonds is 3. The van der Waals surface area contributed by atoms with Crippen molar-refractivity contribution in [1.82, 2.24) is 4.90 Å². The van der Waals surface area contributed by atoms with Gasteiger partial charge in [-0.3, -0.25) is 0 Å². The molecule has 1 aliphatic heterocycles. The minimum atomic E-state index is -0.438. The fourth-order valence-corrected chi connectivity index (χ4v) is 4.14. The monoisotopic (exact) mass is 411 g/mol. The van der Waals surface area contributed by atoms with Crippen molar-refractivity contribution in [3.05, 3.63) is 45.3 Å². The lowest BCUT2D eigenvalue weighted by Gasteiger charge is -2.29. The minimum absolute atomic E-state index is 0.220. The molecule has 0 fully saturated rings. The van der Waals surface area contributed by atoms with Gasteiger partial charge in [0.1, 0.15) is 5.60 Å². The van der Waals surface area contributed by atoms with Gasteiger partial charge in [0, 0.05) is 28.2 Å². The number of carbonyl (C=O) groups excluding carboxylic acids is 1. The Bertz CT molecular complexity index is 599. The van der Waals surface area contributed by atoms with E-state index < -0.39 is 5.60 Å². The van der Waals surface area contributed by atoms with Gasteiger partial charge in [-0.15, -0.1) is 11.8 Å². The van der Waals surface area contributed by atoms with Crippen molar-refractivity contribution in [2.24, 2.45) is 5.92 Å². The van der Waals surface area contributed by atoms with Crippen molar-refractivity contribution in [3.8, 4) is 0 Å². The molecule has 0 radical (unpaired) electrons. The van der Waals surface area contributed by atoms with Gasteiger partial charge in [-0.2, -0.15) is 0 Å². The van der Waals surface area contributed by atoms with E-state index in [1.54, 1.807) is 4.90 Å². The van der Waals surface area contributed by atoms with Crippen LogP contribution in [0.5, 0.6) is 0 Å². The summed E-state index contributed by atoms with van der Waals surface area (Å²) in [6, 6.07) is 0. The van der Waals surface area contributed by atoms with Gasteiger partial charge in [0.2, 0.25) is 0 Å². The number of halogens is 1. The number of carbonyl (C=O) groups is 1. The highest BCUT2D eigenvalue weighted by molar-refractivity contribution is 9.12. The summed E-state index contributed by atoms with van der Waals surface area (Å²) in [4.78, 5) is 15.1. The van der Waals surface area contributed by atoms with E-state index in [0.717, 1.165) is 23.2 Å². The smallest absolute Gasteiger partial charge is 0.410 e. The van der Waals surface area contributed by atoms with Crippen LogP contribution in [0, 0.1) is 5.92 Å². The highest BCUT2D eigenvalue weighted by atomic mass is 79.9. The number of thioether (sulfide) groups is 1. The number of ether oxygens (including phenoxy) is 1. The van der Waals surface area contributed by atoms with Crippen molar-refractivity contribution in [1.29, 1.82) is 0 Å². The Hall–Kier alpha value is -0.940. The van der Waals surface area contributed by atoms with Crippen LogP contribution in [-0.4, -0.2) is 35.4 Å². The first-order chi connectivity index (χ1) is 11.2. The van der Waals surface area contributed by atoms with Crippen molar-refractivity contribution in [2.75, 3.05) is 18.8 Å². The summed E-state index contributed by atoms with van der Waals surface area (Å²) in [6.45, 7) is 9.25. The van der Waals surface area contributed by atoms with E-state index in [4.69, 9.17) is 4.74 Å². The first kappa shape index (κ1) is 19.4. The Morgan fingerprint density at radius 2 is 2.21 bits per heavy atom. The van der Waals surface area contributed by atoms with Crippen LogP contribution in [0.25, 0.3) is 0 Å². The molecule has 0 N–H and O–H groups in total. The second-order valence-electron chi connectivity index (χ2n) is 7.12. The van der Waals surface area contributed by atoms with Gasteiger partial charge in [0.25, 0.3) is 0 Å². The van der Waals surface area contributed by atoms with Crippen LogP contribution >= 0.6 is 27.7 Å². The summed E-state index contributed by atoms with van der Waals surface area (Å²) in [7, 11) is 0. The molecule has 24 heavy (non-hydrogen) atoms. The molecule has 132 valence electrons. The number of hydrogen-bond acceptors (Lipinski definition) is 3. The molecular formula is C19H26BrNO2S. The molecule has 1 atom stereocenters. The molecule has 5 heteroatoms. The zero-order valence-electron chi connectivity index (χ0n) is 14.8. The summed E-state index contributed by atoms with van der Waals surface area (Å²) in [5.74, 6) is 1.41. The highest BCUT2D eigenvalue weighted by Crippen LogP contribution is 2.33. The molecule has 1 aliphatic carbocycles. The first-order valence-corrected chi connectivity index (χ1v) is 10.1. The van der Waals surface area contributed by atoms with E-state index in [9.17, 15) is 4.79 Å². The molecule has 1 unspecified atom stereocenters. The summed E-state index contributed by atoms with van der Waals surface area (Å²) < 4.78 is 6.57. The zero-order valence-corrected chi connectivity index (χ0v) is 17.2. The van der Waals surface area contributed by atoms with Crippen molar-refractivity contribution in [2.45, 2.75) is 39.7 Å². The largest absolute Gasteiger partial charge is 0.444 e. The molecule has 2 aliphatic rings. The van der Waals surface area contributed by atoms with E-state index in [1.165, 1.54) is 10.5 Å². The van der Waals surface area contributed by atoms with E-state index in [0.29, 0.717) is 12.5 Å². The molecule has 2 rings (SSSR count). The summed E-state index contributed by atoms with van der Waals surface area (Å²) in [6.07, 6.45) is 11.5. The maximum atomic E-state index is 12.1. The molecule has 0 aromatic rings. The van der Waals surface area contributed by atoms with Gasteiger partial charge < -0.3 is 9.64 Å². The lowest BCUT2D eigenvalue weighted by atomic mass is 10.1. The molecule has 0 aromatic heterocycles. The lowest BCUT2D eigenvalue weighted by molar-refractivity contribution is 0.0266. The third kappa shape index (κ3) is 6.17. The Labute approximate surface area is 158 Å². The molecule has 0 spiro atoms. The molecule has 0 saturated carbocycles. The fourth-order valence-electron chi connectivity index (χ4n) is 2.39. The SMILES string of the molecule is CC1C=CC=C(Br)C(SCC2=CCN(C(=O)OC(C)(C)C)CC2)=C1. The molecule has 0 bridgehead atoms. The number of hydrogen-bond donors (Lipinski definition) is 0. The highest BCUT2D eigenvalue weighted by Gasteiger charge is 2.23. The van der Waals surface area contributed by atoms with E-state index >= 15 is 0 Å². The summed E-state index contributed by atoms with van der Waals surface area (Å²) in [5.41, 5.74) is 0.956. The van der Waals surface area contributed by atoms with Gasteiger partial charge >= 0.3 is 6.09 Å². The van der Waals surface area contributed by atoms with E-state index in [-0.39, 0.29) is 6.09 Å². The Kier molecular flexibility index (Phi) is 6.81. The number of allylic oxidation sites excluding steroid dienone is 5. The normalized spacial score (nSPS) is 21.6. The van der Waals surface area contributed by atoms with Crippen molar-refractivity contribution >= 4 is 33.8 Å². The average molecular weight is 412 g/mol. The van der Waals surface area contributed by atoms with Crippen LogP contribution < -0.4 is 0 Å². The predicted octanol–water partition coefficient (Wildman–Crippen LogP) is 5.66. The van der Waals surface area contributed by atoms with Crippen LogP contribution in [0.1, 0.15) is 34.1 Å². The first-order valence-electron chi connectivity index (χ1n) is 8.29. The fraction of sp³-hybridized carbons (Fsp3) is 0.526. The third-order valence-corrected chi connectivity index (χ3v) is 5.81. The van der Waals surface area contributed by atoms with Crippen LogP contribution in [0.15, 0.2) is 45.3 Å². The molecule has 1 heterocycles. The topological polar surface area (TPSA) is 29.5 Å².